The largest absolute Gasteiger partial charge is 0.508 e. The Kier molecular flexibility index (Phi) is 4.38. The van der Waals surface area contributed by atoms with E-state index >= 15 is 0 Å². The summed E-state index contributed by atoms with van der Waals surface area (Å²) in [5.74, 6) is 1.99. The minimum atomic E-state index is 0.335. The molecule has 0 aliphatic heterocycles. The third-order valence-electron chi connectivity index (χ3n) is 4.51. The van der Waals surface area contributed by atoms with Gasteiger partial charge in [-0.05, 0) is 55.1 Å². The van der Waals surface area contributed by atoms with E-state index in [1.165, 1.54) is 25.7 Å². The van der Waals surface area contributed by atoms with Gasteiger partial charge < -0.3 is 10.4 Å². The van der Waals surface area contributed by atoms with Crippen LogP contribution in [0.2, 0.25) is 0 Å². The van der Waals surface area contributed by atoms with Crippen LogP contribution in [0, 0.1) is 17.3 Å². The van der Waals surface area contributed by atoms with Gasteiger partial charge in [-0.15, -0.1) is 0 Å². The van der Waals surface area contributed by atoms with Gasteiger partial charge in [0.2, 0.25) is 0 Å². The smallest absolute Gasteiger partial charge is 0.117 e. The molecule has 2 heteroatoms. The molecule has 1 aromatic carbocycles. The van der Waals surface area contributed by atoms with Crippen molar-refractivity contribution in [2.45, 2.75) is 46.5 Å². The molecular weight excluding hydrogens is 234 g/mol. The van der Waals surface area contributed by atoms with Crippen LogP contribution in [0.15, 0.2) is 24.3 Å². The second-order valence-electron chi connectivity index (χ2n) is 7.01. The number of hydrogen-bond acceptors (Lipinski definition) is 2. The average molecular weight is 261 g/mol. The first kappa shape index (κ1) is 14.2. The molecule has 106 valence electrons. The summed E-state index contributed by atoms with van der Waals surface area (Å²) in [6.45, 7) is 8.12. The number of hydrogen-bond donors (Lipinski definition) is 2. The minimum absolute atomic E-state index is 0.335. The van der Waals surface area contributed by atoms with E-state index in [-0.39, 0.29) is 0 Å². The second-order valence-corrected chi connectivity index (χ2v) is 7.01. The van der Waals surface area contributed by atoms with E-state index in [0.717, 1.165) is 24.1 Å². The van der Waals surface area contributed by atoms with Crippen molar-refractivity contribution < 1.29 is 5.11 Å². The Hall–Kier alpha value is -1.18. The number of phenolic OH excluding ortho intramolecular Hbond substituents is 1. The molecule has 2 rings (SSSR count). The molecule has 1 saturated carbocycles. The van der Waals surface area contributed by atoms with Crippen molar-refractivity contribution in [3.05, 3.63) is 24.3 Å². The zero-order valence-electron chi connectivity index (χ0n) is 12.4. The number of anilines is 1. The van der Waals surface area contributed by atoms with Gasteiger partial charge in [0.1, 0.15) is 5.75 Å². The molecule has 0 atom stereocenters. The summed E-state index contributed by atoms with van der Waals surface area (Å²) < 4.78 is 0. The molecule has 0 heterocycles. The van der Waals surface area contributed by atoms with Crippen LogP contribution in [0.1, 0.15) is 46.5 Å². The van der Waals surface area contributed by atoms with E-state index in [1.54, 1.807) is 12.1 Å². The molecule has 0 radical (unpaired) electrons. The van der Waals surface area contributed by atoms with Crippen molar-refractivity contribution in [2.75, 3.05) is 11.9 Å². The molecule has 0 amide bonds. The topological polar surface area (TPSA) is 32.3 Å². The quantitative estimate of drug-likeness (QED) is 0.829. The highest BCUT2D eigenvalue weighted by atomic mass is 16.3. The Labute approximate surface area is 117 Å². The van der Waals surface area contributed by atoms with Gasteiger partial charge in [-0.1, -0.05) is 26.8 Å². The number of aromatic hydroxyl groups is 1. The molecule has 1 aromatic rings. The van der Waals surface area contributed by atoms with Crippen molar-refractivity contribution in [3.8, 4) is 5.75 Å². The lowest BCUT2D eigenvalue weighted by Gasteiger charge is -2.37. The monoisotopic (exact) mass is 261 g/mol. The van der Waals surface area contributed by atoms with Gasteiger partial charge in [-0.3, -0.25) is 0 Å². The SMILES string of the molecule is CC(C)(C)C1CCC(CNc2cccc(O)c2)CC1. The van der Waals surface area contributed by atoms with Crippen LogP contribution in [0.5, 0.6) is 5.75 Å². The third kappa shape index (κ3) is 4.15. The summed E-state index contributed by atoms with van der Waals surface area (Å²) in [6.07, 6.45) is 5.37. The van der Waals surface area contributed by atoms with Crippen molar-refractivity contribution in [2.24, 2.45) is 17.3 Å². The molecule has 0 spiro atoms. The van der Waals surface area contributed by atoms with Gasteiger partial charge in [0, 0.05) is 18.3 Å². The van der Waals surface area contributed by atoms with Gasteiger partial charge >= 0.3 is 0 Å². The Balaban J connectivity index is 1.77. The van der Waals surface area contributed by atoms with E-state index in [0.29, 0.717) is 11.2 Å². The zero-order valence-corrected chi connectivity index (χ0v) is 12.4. The average Bonchev–Trinajstić information content (AvgIpc) is 2.36. The molecule has 0 aromatic heterocycles. The second kappa shape index (κ2) is 5.85. The molecule has 19 heavy (non-hydrogen) atoms. The highest BCUT2D eigenvalue weighted by molar-refractivity contribution is 5.47. The molecule has 1 fully saturated rings. The van der Waals surface area contributed by atoms with Crippen LogP contribution < -0.4 is 5.32 Å². The predicted octanol–water partition coefficient (Wildman–Crippen LogP) is 4.66. The standard InChI is InChI=1S/C17H27NO/c1-17(2,3)14-9-7-13(8-10-14)12-18-15-5-4-6-16(19)11-15/h4-6,11,13-14,18-19H,7-10,12H2,1-3H3. The van der Waals surface area contributed by atoms with Crippen LogP contribution in [0.25, 0.3) is 0 Å². The molecule has 1 aliphatic carbocycles. The van der Waals surface area contributed by atoms with E-state index in [1.807, 2.05) is 12.1 Å². The summed E-state index contributed by atoms with van der Waals surface area (Å²) in [5, 5.41) is 12.9. The number of nitrogens with one attached hydrogen (secondary N) is 1. The maximum Gasteiger partial charge on any atom is 0.117 e. The van der Waals surface area contributed by atoms with Crippen molar-refractivity contribution in [1.82, 2.24) is 0 Å². The molecular formula is C17H27NO. The van der Waals surface area contributed by atoms with Gasteiger partial charge in [0.05, 0.1) is 0 Å². The van der Waals surface area contributed by atoms with Crippen molar-refractivity contribution in [1.29, 1.82) is 0 Å². The van der Waals surface area contributed by atoms with Gasteiger partial charge in [0.25, 0.3) is 0 Å². The van der Waals surface area contributed by atoms with E-state index in [9.17, 15) is 5.11 Å². The third-order valence-corrected chi connectivity index (χ3v) is 4.51. The van der Waals surface area contributed by atoms with E-state index in [4.69, 9.17) is 0 Å². The van der Waals surface area contributed by atoms with Gasteiger partial charge in [0.15, 0.2) is 0 Å². The van der Waals surface area contributed by atoms with Gasteiger partial charge in [-0.2, -0.15) is 0 Å². The fourth-order valence-electron chi connectivity index (χ4n) is 3.11. The van der Waals surface area contributed by atoms with Gasteiger partial charge in [-0.25, -0.2) is 0 Å². The highest BCUT2D eigenvalue weighted by Gasteiger charge is 2.29. The number of phenols is 1. The zero-order chi connectivity index (χ0) is 13.9. The van der Waals surface area contributed by atoms with Crippen LogP contribution in [-0.2, 0) is 0 Å². The van der Waals surface area contributed by atoms with Crippen LogP contribution in [-0.4, -0.2) is 11.7 Å². The lowest BCUT2D eigenvalue weighted by Crippen LogP contribution is -2.28. The Morgan fingerprint density at radius 2 is 1.84 bits per heavy atom. The minimum Gasteiger partial charge on any atom is -0.508 e. The molecule has 0 bridgehead atoms. The predicted molar refractivity (Wildman–Crippen MR) is 81.5 cm³/mol. The fraction of sp³-hybridized carbons (Fsp3) is 0.647. The Morgan fingerprint density at radius 1 is 1.16 bits per heavy atom. The fourth-order valence-corrected chi connectivity index (χ4v) is 3.11. The Morgan fingerprint density at radius 3 is 2.42 bits per heavy atom. The summed E-state index contributed by atoms with van der Waals surface area (Å²) in [4.78, 5) is 0. The van der Waals surface area contributed by atoms with Crippen LogP contribution >= 0.6 is 0 Å². The molecule has 2 nitrogen and oxygen atoms in total. The molecule has 0 saturated heterocycles. The lowest BCUT2D eigenvalue weighted by molar-refractivity contribution is 0.153. The highest BCUT2D eigenvalue weighted by Crippen LogP contribution is 2.39. The van der Waals surface area contributed by atoms with Crippen LogP contribution in [0.3, 0.4) is 0 Å². The van der Waals surface area contributed by atoms with E-state index in [2.05, 4.69) is 26.1 Å². The normalized spacial score (nSPS) is 24.2. The maximum absolute atomic E-state index is 9.43. The Bertz CT molecular complexity index is 400. The first-order chi connectivity index (χ1) is 8.95. The summed E-state index contributed by atoms with van der Waals surface area (Å²) in [5.41, 5.74) is 1.49. The first-order valence-electron chi connectivity index (χ1n) is 7.48. The lowest BCUT2D eigenvalue weighted by atomic mass is 9.70. The first-order valence-corrected chi connectivity index (χ1v) is 7.48. The summed E-state index contributed by atoms with van der Waals surface area (Å²) in [6, 6.07) is 7.40. The van der Waals surface area contributed by atoms with Crippen molar-refractivity contribution >= 4 is 5.69 Å². The summed E-state index contributed by atoms with van der Waals surface area (Å²) in [7, 11) is 0. The van der Waals surface area contributed by atoms with E-state index < -0.39 is 0 Å². The molecule has 2 N–H and O–H groups in total. The number of benzene rings is 1. The van der Waals surface area contributed by atoms with Crippen molar-refractivity contribution in [3.63, 3.8) is 0 Å². The molecule has 0 unspecified atom stereocenters. The molecule has 1 aliphatic rings. The number of rotatable bonds is 3. The summed E-state index contributed by atoms with van der Waals surface area (Å²) >= 11 is 0. The van der Waals surface area contributed by atoms with Crippen LogP contribution in [0.4, 0.5) is 5.69 Å². The maximum atomic E-state index is 9.43.